The van der Waals surface area contributed by atoms with E-state index >= 15 is 0 Å². The Hall–Kier alpha value is -1.53. The SMILES string of the molecule is CC(=O)OC1CSc2nc(-c3ccc(Cl)cc3)nn2C1. The minimum Gasteiger partial charge on any atom is -0.460 e. The van der Waals surface area contributed by atoms with Crippen LogP contribution in [0.4, 0.5) is 0 Å². The summed E-state index contributed by atoms with van der Waals surface area (Å²) in [6, 6.07) is 7.40. The molecule has 1 aliphatic rings. The smallest absolute Gasteiger partial charge is 0.302 e. The summed E-state index contributed by atoms with van der Waals surface area (Å²) in [4.78, 5) is 15.5. The van der Waals surface area contributed by atoms with Crippen molar-refractivity contribution in [2.24, 2.45) is 0 Å². The molecule has 0 amide bonds. The Kier molecular flexibility index (Phi) is 3.67. The molecule has 0 radical (unpaired) electrons. The van der Waals surface area contributed by atoms with Gasteiger partial charge in [-0.1, -0.05) is 23.4 Å². The highest BCUT2D eigenvalue weighted by Crippen LogP contribution is 2.27. The van der Waals surface area contributed by atoms with Crippen LogP contribution in [0.1, 0.15) is 6.92 Å². The highest BCUT2D eigenvalue weighted by Gasteiger charge is 2.24. The van der Waals surface area contributed by atoms with Crippen LogP contribution in [0.5, 0.6) is 0 Å². The second-order valence-corrected chi connectivity index (χ2v) is 5.87. The number of halogens is 1. The third-order valence-electron chi connectivity index (χ3n) is 2.85. The molecule has 0 fully saturated rings. The average molecular weight is 310 g/mol. The standard InChI is InChI=1S/C13H12ClN3O2S/c1-8(18)19-11-6-17-13(20-7-11)15-12(16-17)9-2-4-10(14)5-3-9/h2-5,11H,6-7H2,1H3. The van der Waals surface area contributed by atoms with E-state index in [4.69, 9.17) is 16.3 Å². The van der Waals surface area contributed by atoms with Gasteiger partial charge in [0.25, 0.3) is 0 Å². The van der Waals surface area contributed by atoms with Crippen molar-refractivity contribution in [3.8, 4) is 11.4 Å². The summed E-state index contributed by atoms with van der Waals surface area (Å²) in [6.45, 7) is 1.96. The maximum atomic E-state index is 11.0. The van der Waals surface area contributed by atoms with Crippen LogP contribution in [0, 0.1) is 0 Å². The van der Waals surface area contributed by atoms with Gasteiger partial charge in [0.2, 0.25) is 0 Å². The predicted molar refractivity (Wildman–Crippen MR) is 76.7 cm³/mol. The highest BCUT2D eigenvalue weighted by atomic mass is 35.5. The summed E-state index contributed by atoms with van der Waals surface area (Å²) < 4.78 is 7.00. The molecule has 1 atom stereocenters. The van der Waals surface area contributed by atoms with E-state index in [1.807, 2.05) is 24.3 Å². The van der Waals surface area contributed by atoms with Gasteiger partial charge in [0.15, 0.2) is 11.0 Å². The van der Waals surface area contributed by atoms with E-state index in [2.05, 4.69) is 10.1 Å². The quantitative estimate of drug-likeness (QED) is 0.798. The number of nitrogens with zero attached hydrogens (tertiary/aromatic N) is 3. The molecule has 1 aromatic heterocycles. The molecule has 1 aromatic carbocycles. The summed E-state index contributed by atoms with van der Waals surface area (Å²) in [5, 5.41) is 5.99. The number of fused-ring (bicyclic) bond motifs is 1. The van der Waals surface area contributed by atoms with E-state index in [0.29, 0.717) is 23.1 Å². The lowest BCUT2D eigenvalue weighted by Gasteiger charge is -2.21. The lowest BCUT2D eigenvalue weighted by atomic mass is 10.2. The van der Waals surface area contributed by atoms with Crippen molar-refractivity contribution in [1.82, 2.24) is 14.8 Å². The number of carbonyl (C=O) groups is 1. The van der Waals surface area contributed by atoms with Crippen molar-refractivity contribution in [3.05, 3.63) is 29.3 Å². The van der Waals surface area contributed by atoms with Gasteiger partial charge in [-0.15, -0.1) is 5.10 Å². The molecule has 20 heavy (non-hydrogen) atoms. The Bertz CT molecular complexity index is 642. The Balaban J connectivity index is 1.83. The molecule has 0 aliphatic carbocycles. The lowest BCUT2D eigenvalue weighted by Crippen LogP contribution is -2.29. The number of rotatable bonds is 2. The number of thioether (sulfide) groups is 1. The number of hydrogen-bond donors (Lipinski definition) is 0. The van der Waals surface area contributed by atoms with Gasteiger partial charge in [0.05, 0.1) is 6.54 Å². The number of ether oxygens (including phenoxy) is 1. The van der Waals surface area contributed by atoms with Crippen LogP contribution in [0.2, 0.25) is 5.02 Å². The fraction of sp³-hybridized carbons (Fsp3) is 0.308. The molecule has 5 nitrogen and oxygen atoms in total. The van der Waals surface area contributed by atoms with Gasteiger partial charge in [-0.2, -0.15) is 0 Å². The van der Waals surface area contributed by atoms with E-state index in [1.54, 1.807) is 16.4 Å². The summed E-state index contributed by atoms with van der Waals surface area (Å²) in [6.07, 6.45) is -0.148. The summed E-state index contributed by atoms with van der Waals surface area (Å²) in [5.74, 6) is 1.10. The first kappa shape index (κ1) is 13.5. The van der Waals surface area contributed by atoms with Crippen molar-refractivity contribution in [1.29, 1.82) is 0 Å². The largest absolute Gasteiger partial charge is 0.460 e. The molecule has 0 saturated carbocycles. The summed E-state index contributed by atoms with van der Waals surface area (Å²) in [7, 11) is 0. The molecule has 0 N–H and O–H groups in total. The van der Waals surface area contributed by atoms with Crippen molar-refractivity contribution in [3.63, 3.8) is 0 Å². The van der Waals surface area contributed by atoms with Crippen molar-refractivity contribution >= 4 is 29.3 Å². The Labute approximate surface area is 125 Å². The summed E-state index contributed by atoms with van der Waals surface area (Å²) >= 11 is 7.41. The number of carbonyl (C=O) groups excluding carboxylic acids is 1. The Morgan fingerprint density at radius 3 is 2.90 bits per heavy atom. The maximum absolute atomic E-state index is 11.0. The molecule has 2 aromatic rings. The first-order valence-corrected chi connectivity index (χ1v) is 7.49. The monoisotopic (exact) mass is 309 g/mol. The van der Waals surface area contributed by atoms with Gasteiger partial charge < -0.3 is 4.74 Å². The Morgan fingerprint density at radius 1 is 1.45 bits per heavy atom. The van der Waals surface area contributed by atoms with Crippen LogP contribution in [-0.4, -0.2) is 32.6 Å². The first-order chi connectivity index (χ1) is 9.61. The topological polar surface area (TPSA) is 57.0 Å². The molecule has 104 valence electrons. The molecule has 3 rings (SSSR count). The van der Waals surface area contributed by atoms with Gasteiger partial charge in [-0.05, 0) is 24.3 Å². The minimum absolute atomic E-state index is 0.148. The second kappa shape index (κ2) is 5.46. The number of esters is 1. The molecular formula is C13H12ClN3O2S. The number of benzene rings is 1. The molecule has 0 saturated heterocycles. The molecule has 1 aliphatic heterocycles. The van der Waals surface area contributed by atoms with Crippen LogP contribution in [0.3, 0.4) is 0 Å². The zero-order valence-electron chi connectivity index (χ0n) is 10.7. The van der Waals surface area contributed by atoms with E-state index in [1.165, 1.54) is 6.92 Å². The summed E-state index contributed by atoms with van der Waals surface area (Å²) in [5.41, 5.74) is 0.918. The zero-order chi connectivity index (χ0) is 14.1. The Morgan fingerprint density at radius 2 is 2.20 bits per heavy atom. The van der Waals surface area contributed by atoms with Gasteiger partial charge in [-0.25, -0.2) is 9.67 Å². The average Bonchev–Trinajstić information content (AvgIpc) is 2.81. The second-order valence-electron chi connectivity index (χ2n) is 4.45. The number of hydrogen-bond acceptors (Lipinski definition) is 5. The van der Waals surface area contributed by atoms with E-state index < -0.39 is 0 Å². The van der Waals surface area contributed by atoms with E-state index in [0.717, 1.165) is 10.7 Å². The van der Waals surface area contributed by atoms with Gasteiger partial charge in [-0.3, -0.25) is 4.79 Å². The third-order valence-corrected chi connectivity index (χ3v) is 4.20. The number of aromatic nitrogens is 3. The van der Waals surface area contributed by atoms with Gasteiger partial charge in [0.1, 0.15) is 6.10 Å². The van der Waals surface area contributed by atoms with Gasteiger partial charge in [0, 0.05) is 23.3 Å². The molecule has 0 spiro atoms. The zero-order valence-corrected chi connectivity index (χ0v) is 12.3. The lowest BCUT2D eigenvalue weighted by molar-refractivity contribution is -0.146. The fourth-order valence-electron chi connectivity index (χ4n) is 1.99. The highest BCUT2D eigenvalue weighted by molar-refractivity contribution is 7.99. The van der Waals surface area contributed by atoms with Crippen LogP contribution in [0.15, 0.2) is 29.4 Å². The van der Waals surface area contributed by atoms with Gasteiger partial charge >= 0.3 is 5.97 Å². The third kappa shape index (κ3) is 2.81. The van der Waals surface area contributed by atoms with Crippen LogP contribution in [0.25, 0.3) is 11.4 Å². The fourth-order valence-corrected chi connectivity index (χ4v) is 3.04. The first-order valence-electron chi connectivity index (χ1n) is 6.12. The van der Waals surface area contributed by atoms with E-state index in [9.17, 15) is 4.79 Å². The normalized spacial score (nSPS) is 17.6. The minimum atomic E-state index is -0.267. The molecular weight excluding hydrogens is 298 g/mol. The molecule has 1 unspecified atom stereocenters. The van der Waals surface area contributed by atoms with Crippen molar-refractivity contribution in [2.75, 3.05) is 5.75 Å². The van der Waals surface area contributed by atoms with E-state index in [-0.39, 0.29) is 12.1 Å². The molecule has 7 heteroatoms. The molecule has 0 bridgehead atoms. The maximum Gasteiger partial charge on any atom is 0.302 e. The van der Waals surface area contributed by atoms with Crippen LogP contribution >= 0.6 is 23.4 Å². The van der Waals surface area contributed by atoms with Crippen molar-refractivity contribution in [2.45, 2.75) is 24.7 Å². The predicted octanol–water partition coefficient (Wildman–Crippen LogP) is 2.64. The van der Waals surface area contributed by atoms with Crippen molar-refractivity contribution < 1.29 is 9.53 Å². The van der Waals surface area contributed by atoms with Crippen LogP contribution in [-0.2, 0) is 16.1 Å². The van der Waals surface area contributed by atoms with Crippen LogP contribution < -0.4 is 0 Å². The molecule has 2 heterocycles.